The summed E-state index contributed by atoms with van der Waals surface area (Å²) in [6, 6.07) is 14.3. The van der Waals surface area contributed by atoms with Gasteiger partial charge < -0.3 is 14.9 Å². The molecule has 2 spiro atoms. The van der Waals surface area contributed by atoms with Gasteiger partial charge in [-0.3, -0.25) is 14.4 Å². The van der Waals surface area contributed by atoms with E-state index >= 15 is 0 Å². The van der Waals surface area contributed by atoms with Crippen molar-refractivity contribution in [2.75, 3.05) is 16.8 Å². The lowest BCUT2D eigenvalue weighted by atomic mass is 9.90. The maximum Gasteiger partial charge on any atom is 0.333 e. The lowest BCUT2D eigenvalue weighted by Gasteiger charge is -2.30. The van der Waals surface area contributed by atoms with Crippen LogP contribution in [0.1, 0.15) is 49.7 Å². The first kappa shape index (κ1) is 24.8. The van der Waals surface area contributed by atoms with E-state index in [1.165, 1.54) is 10.5 Å². The molecule has 1 atom stereocenters. The molecule has 4 aliphatic rings. The Balaban J connectivity index is 1.13. The summed E-state index contributed by atoms with van der Waals surface area (Å²) in [6.45, 7) is 0. The molecule has 8 nitrogen and oxygen atoms in total. The molecule has 37 heavy (non-hydrogen) atoms. The lowest BCUT2D eigenvalue weighted by molar-refractivity contribution is -0.197. The number of benzene rings is 2. The molecule has 3 amide bonds. The number of thioether (sulfide) groups is 2. The Hall–Kier alpha value is -2.47. The predicted molar refractivity (Wildman–Crippen MR) is 141 cm³/mol. The van der Waals surface area contributed by atoms with Crippen LogP contribution in [0.15, 0.2) is 52.3 Å². The summed E-state index contributed by atoms with van der Waals surface area (Å²) in [6.07, 6.45) is 1.51. The quantitative estimate of drug-likeness (QED) is 0.402. The Kier molecular flexibility index (Phi) is 6.50. The number of anilines is 1. The van der Waals surface area contributed by atoms with E-state index in [4.69, 9.17) is 9.57 Å². The van der Waals surface area contributed by atoms with E-state index in [0.717, 1.165) is 28.4 Å². The smallest absolute Gasteiger partial charge is 0.330 e. The van der Waals surface area contributed by atoms with Crippen molar-refractivity contribution in [2.45, 2.75) is 58.2 Å². The Labute approximate surface area is 226 Å². The molecule has 3 saturated heterocycles. The maximum atomic E-state index is 12.7. The van der Waals surface area contributed by atoms with Crippen LogP contribution in [0.3, 0.4) is 0 Å². The van der Waals surface area contributed by atoms with Crippen LogP contribution < -0.4 is 5.32 Å². The van der Waals surface area contributed by atoms with Gasteiger partial charge in [0.05, 0.1) is 0 Å². The Morgan fingerprint density at radius 2 is 1.70 bits per heavy atom. The summed E-state index contributed by atoms with van der Waals surface area (Å²) in [4.78, 5) is 55.0. The van der Waals surface area contributed by atoms with Crippen molar-refractivity contribution in [1.82, 2.24) is 5.06 Å². The molecule has 6 rings (SSSR count). The number of hydrogen-bond donors (Lipinski definition) is 1. The summed E-state index contributed by atoms with van der Waals surface area (Å²) in [5.74, 6) is 0.131. The molecule has 11 heteroatoms. The van der Waals surface area contributed by atoms with Crippen molar-refractivity contribution < 1.29 is 28.8 Å². The molecule has 1 unspecified atom stereocenters. The van der Waals surface area contributed by atoms with Crippen molar-refractivity contribution >= 4 is 64.7 Å². The zero-order chi connectivity index (χ0) is 25.6. The Bertz CT molecular complexity index is 1290. The van der Waals surface area contributed by atoms with Crippen molar-refractivity contribution in [1.29, 1.82) is 0 Å². The summed E-state index contributed by atoms with van der Waals surface area (Å²) in [5, 5.41) is 3.47. The van der Waals surface area contributed by atoms with E-state index in [9.17, 15) is 19.2 Å². The summed E-state index contributed by atoms with van der Waals surface area (Å²) < 4.78 is 6.30. The first-order chi connectivity index (χ1) is 17.9. The molecule has 0 radical (unpaired) electrons. The first-order valence-electron chi connectivity index (χ1n) is 12.2. The zero-order valence-electron chi connectivity index (χ0n) is 19.8. The zero-order valence-corrected chi connectivity index (χ0v) is 22.3. The van der Waals surface area contributed by atoms with Crippen molar-refractivity contribution in [3.05, 3.63) is 53.6 Å². The van der Waals surface area contributed by atoms with Gasteiger partial charge in [-0.25, -0.2) is 4.79 Å². The number of epoxide rings is 1. The van der Waals surface area contributed by atoms with E-state index in [-0.39, 0.29) is 42.3 Å². The van der Waals surface area contributed by atoms with E-state index in [0.29, 0.717) is 10.8 Å². The minimum atomic E-state index is -0.707. The number of nitrogens with one attached hydrogen (secondary N) is 1. The van der Waals surface area contributed by atoms with Gasteiger partial charge in [0.2, 0.25) is 5.91 Å². The second-order valence-corrected chi connectivity index (χ2v) is 13.0. The van der Waals surface area contributed by atoms with Crippen LogP contribution in [0.2, 0.25) is 0 Å². The number of fused-ring (bicyclic) bond motifs is 5. The average molecular weight is 557 g/mol. The van der Waals surface area contributed by atoms with Gasteiger partial charge >= 0.3 is 5.97 Å². The molecule has 0 saturated carbocycles. The van der Waals surface area contributed by atoms with Crippen LogP contribution in [-0.4, -0.2) is 44.5 Å². The summed E-state index contributed by atoms with van der Waals surface area (Å²) in [5.41, 5.74) is 2.37. The van der Waals surface area contributed by atoms with Crippen molar-refractivity contribution in [3.8, 4) is 0 Å². The number of hydrogen-bond acceptors (Lipinski definition) is 9. The van der Waals surface area contributed by atoms with Gasteiger partial charge in [-0.1, -0.05) is 30.0 Å². The molecular formula is C26H24N2O6S3. The number of carbonyl (C=O) groups is 4. The third-order valence-corrected chi connectivity index (χ3v) is 11.0. The molecule has 3 fully saturated rings. The van der Waals surface area contributed by atoms with Crippen LogP contribution in [0.4, 0.5) is 5.69 Å². The first-order valence-corrected chi connectivity index (χ1v) is 15.0. The molecule has 4 aliphatic heterocycles. The van der Waals surface area contributed by atoms with Crippen LogP contribution in [0.25, 0.3) is 0 Å². The fourth-order valence-electron chi connectivity index (χ4n) is 4.90. The van der Waals surface area contributed by atoms with Gasteiger partial charge in [0.15, 0.2) is 9.87 Å². The highest BCUT2D eigenvalue weighted by atomic mass is 32.2. The third kappa shape index (κ3) is 4.35. The SMILES string of the molecule is O=C(CCCC(=O)ON1C(=O)CCC1=O)Nc1ccc2c(c1)C1(OC13SCCCS3)c1ccccc1S2. The fraction of sp³-hybridized carbons (Fsp3) is 0.385. The van der Waals surface area contributed by atoms with Crippen LogP contribution >= 0.6 is 35.3 Å². The number of amides is 3. The van der Waals surface area contributed by atoms with Gasteiger partial charge in [-0.2, -0.15) is 0 Å². The second kappa shape index (κ2) is 9.68. The standard InChI is InChI=1S/C26H24N2O6S3/c29-21(7-3-8-24(32)33-28-22(30)11-12-23(28)31)27-16-9-10-20-18(15-16)25(17-5-1-2-6-19(17)37-20)26(34-25)35-13-4-14-36-26/h1-2,5-6,9-10,15H,3-4,7-8,11-14H2,(H,27,29). The normalized spacial score (nSPS) is 23.1. The van der Waals surface area contributed by atoms with E-state index < -0.39 is 23.4 Å². The Morgan fingerprint density at radius 1 is 0.973 bits per heavy atom. The van der Waals surface area contributed by atoms with E-state index in [2.05, 4.69) is 17.4 Å². The molecule has 4 heterocycles. The topological polar surface area (TPSA) is 105 Å². The van der Waals surface area contributed by atoms with Gasteiger partial charge in [-0.05, 0) is 48.6 Å². The number of ether oxygens (including phenoxy) is 1. The molecule has 0 aliphatic carbocycles. The van der Waals surface area contributed by atoms with Gasteiger partial charge in [0.25, 0.3) is 11.8 Å². The number of rotatable bonds is 6. The van der Waals surface area contributed by atoms with Gasteiger partial charge in [0.1, 0.15) is 0 Å². The minimum absolute atomic E-state index is 0.0458. The minimum Gasteiger partial charge on any atom is -0.330 e. The molecule has 192 valence electrons. The molecule has 0 bridgehead atoms. The van der Waals surface area contributed by atoms with Crippen molar-refractivity contribution in [3.63, 3.8) is 0 Å². The summed E-state index contributed by atoms with van der Waals surface area (Å²) in [7, 11) is 0. The lowest BCUT2D eigenvalue weighted by Crippen LogP contribution is -2.32. The van der Waals surface area contributed by atoms with Crippen LogP contribution in [0.5, 0.6) is 0 Å². The average Bonchev–Trinajstić information content (AvgIpc) is 3.40. The number of carbonyl (C=O) groups excluding carboxylic acids is 4. The molecular weight excluding hydrogens is 532 g/mol. The monoisotopic (exact) mass is 556 g/mol. The number of nitrogens with zero attached hydrogens (tertiary/aromatic N) is 1. The maximum absolute atomic E-state index is 12.7. The van der Waals surface area contributed by atoms with Crippen LogP contribution in [0, 0.1) is 0 Å². The highest BCUT2D eigenvalue weighted by molar-refractivity contribution is 8.19. The molecule has 0 aromatic heterocycles. The second-order valence-electron chi connectivity index (χ2n) is 9.15. The molecule has 2 aromatic rings. The Morgan fingerprint density at radius 3 is 2.49 bits per heavy atom. The van der Waals surface area contributed by atoms with Crippen LogP contribution in [-0.2, 0) is 34.4 Å². The van der Waals surface area contributed by atoms with Crippen molar-refractivity contribution in [2.24, 2.45) is 0 Å². The van der Waals surface area contributed by atoms with E-state index in [1.807, 2.05) is 53.9 Å². The largest absolute Gasteiger partial charge is 0.333 e. The molecule has 1 N–H and O–H groups in total. The van der Waals surface area contributed by atoms with E-state index in [1.54, 1.807) is 11.8 Å². The number of hydroxylamine groups is 2. The highest BCUT2D eigenvalue weighted by Crippen LogP contribution is 2.75. The fourth-order valence-corrected chi connectivity index (χ4v) is 9.39. The third-order valence-electron chi connectivity index (χ3n) is 6.66. The molecule has 2 aromatic carbocycles. The highest BCUT2D eigenvalue weighted by Gasteiger charge is 2.75. The predicted octanol–water partition coefficient (Wildman–Crippen LogP) is 4.66. The number of imide groups is 1. The summed E-state index contributed by atoms with van der Waals surface area (Å²) >= 11 is 5.44. The van der Waals surface area contributed by atoms with Gasteiger partial charge in [0, 0.05) is 52.3 Å². The van der Waals surface area contributed by atoms with Gasteiger partial charge in [-0.15, -0.1) is 28.6 Å².